The first kappa shape index (κ1) is 19.7. The molecule has 0 atom stereocenters. The number of halogens is 1. The first-order valence-corrected chi connectivity index (χ1v) is 11.0. The number of carbonyl (C=O) groups excluding carboxylic acids is 1. The molecule has 4 rings (SSSR count). The first-order chi connectivity index (χ1) is 14.0. The molecule has 0 aliphatic carbocycles. The van der Waals surface area contributed by atoms with Crippen molar-refractivity contribution in [1.82, 2.24) is 9.97 Å². The summed E-state index contributed by atoms with van der Waals surface area (Å²) in [5.74, 6) is 1.54. The molecule has 9 heteroatoms. The van der Waals surface area contributed by atoms with Gasteiger partial charge in [0, 0.05) is 46.1 Å². The molecule has 3 heterocycles. The zero-order valence-electron chi connectivity index (χ0n) is 15.9. The van der Waals surface area contributed by atoms with Crippen molar-refractivity contribution in [1.29, 1.82) is 0 Å². The molecule has 1 aliphatic rings. The number of urea groups is 1. The summed E-state index contributed by atoms with van der Waals surface area (Å²) in [6.07, 6.45) is 2.37. The highest BCUT2D eigenvalue weighted by atomic mass is 79.9. The van der Waals surface area contributed by atoms with Crippen LogP contribution >= 0.6 is 27.3 Å². The molecule has 1 aromatic carbocycles. The predicted molar refractivity (Wildman–Crippen MR) is 123 cm³/mol. The smallest absolute Gasteiger partial charge is 0.324 e. The molecule has 2 aromatic heterocycles. The average molecular weight is 473 g/mol. The highest BCUT2D eigenvalue weighted by molar-refractivity contribution is 9.10. The number of hydrogen-bond acceptors (Lipinski definition) is 6. The normalized spacial score (nSPS) is 13.4. The number of thiophene rings is 1. The van der Waals surface area contributed by atoms with E-state index in [2.05, 4.69) is 46.7 Å². The third-order valence-corrected chi connectivity index (χ3v) is 6.06. The molecule has 150 valence electrons. The van der Waals surface area contributed by atoms with Gasteiger partial charge in [-0.2, -0.15) is 4.98 Å². The molecule has 0 bridgehead atoms. The number of aryl methyl sites for hydroxylation is 1. The monoisotopic (exact) mass is 472 g/mol. The van der Waals surface area contributed by atoms with Crippen molar-refractivity contribution in [2.75, 3.05) is 33.9 Å². The van der Waals surface area contributed by atoms with Gasteiger partial charge in [-0.15, -0.1) is 11.3 Å². The summed E-state index contributed by atoms with van der Waals surface area (Å²) in [5, 5.41) is 11.7. The lowest BCUT2D eigenvalue weighted by atomic mass is 10.2. The zero-order chi connectivity index (χ0) is 20.2. The molecule has 0 radical (unpaired) electrons. The zero-order valence-corrected chi connectivity index (χ0v) is 18.3. The van der Waals surface area contributed by atoms with E-state index < -0.39 is 0 Å². The molecule has 1 aliphatic heterocycles. The fourth-order valence-electron chi connectivity index (χ4n) is 3.11. The van der Waals surface area contributed by atoms with Crippen molar-refractivity contribution >= 4 is 61.4 Å². The minimum atomic E-state index is -0.276. The van der Waals surface area contributed by atoms with Crippen LogP contribution in [0.5, 0.6) is 0 Å². The van der Waals surface area contributed by atoms with E-state index in [4.69, 9.17) is 0 Å². The van der Waals surface area contributed by atoms with Gasteiger partial charge in [-0.25, -0.2) is 9.78 Å². The van der Waals surface area contributed by atoms with Crippen molar-refractivity contribution in [3.63, 3.8) is 0 Å². The Bertz CT molecular complexity index is 1000. The summed E-state index contributed by atoms with van der Waals surface area (Å²) in [6.45, 7) is 3.99. The van der Waals surface area contributed by atoms with Gasteiger partial charge in [0.15, 0.2) is 0 Å². The fraction of sp³-hybridized carbons (Fsp3) is 0.250. The second-order valence-corrected chi connectivity index (χ2v) is 8.63. The van der Waals surface area contributed by atoms with Gasteiger partial charge in [0.1, 0.15) is 5.82 Å². The van der Waals surface area contributed by atoms with Gasteiger partial charge >= 0.3 is 6.03 Å². The molecular formula is C20H21BrN6OS. The van der Waals surface area contributed by atoms with E-state index in [1.54, 1.807) is 0 Å². The van der Waals surface area contributed by atoms with Gasteiger partial charge in [0.25, 0.3) is 0 Å². The van der Waals surface area contributed by atoms with Crippen LogP contribution in [0.1, 0.15) is 18.5 Å². The standard InChI is InChI=1S/C20H21BrN6OS/c1-13-10-17(25-19(22-13)27-8-2-3-9-27)23-15-4-6-16(7-5-15)24-20(28)26-18-11-14(21)12-29-18/h4-7,10-12H,2-3,8-9H2,1H3,(H,22,23,25)(H2,24,26,28). The minimum Gasteiger partial charge on any atom is -0.341 e. The molecule has 29 heavy (non-hydrogen) atoms. The first-order valence-electron chi connectivity index (χ1n) is 9.35. The topological polar surface area (TPSA) is 82.2 Å². The Morgan fingerprint density at radius 3 is 2.48 bits per heavy atom. The highest BCUT2D eigenvalue weighted by Crippen LogP contribution is 2.25. The highest BCUT2D eigenvalue weighted by Gasteiger charge is 2.16. The van der Waals surface area contributed by atoms with Crippen LogP contribution in [0, 0.1) is 6.92 Å². The van der Waals surface area contributed by atoms with Crippen LogP contribution < -0.4 is 20.9 Å². The Labute approximate surface area is 181 Å². The summed E-state index contributed by atoms with van der Waals surface area (Å²) in [7, 11) is 0. The maximum atomic E-state index is 12.1. The predicted octanol–water partition coefficient (Wildman–Crippen LogP) is 5.60. The van der Waals surface area contributed by atoms with E-state index in [1.165, 1.54) is 24.2 Å². The molecule has 0 spiro atoms. The van der Waals surface area contributed by atoms with E-state index in [9.17, 15) is 4.79 Å². The van der Waals surface area contributed by atoms with Crippen molar-refractivity contribution in [2.45, 2.75) is 19.8 Å². The number of nitrogens with zero attached hydrogens (tertiary/aromatic N) is 3. The summed E-state index contributed by atoms with van der Waals surface area (Å²) >= 11 is 4.83. The van der Waals surface area contributed by atoms with Gasteiger partial charge < -0.3 is 15.5 Å². The molecule has 1 fully saturated rings. The maximum Gasteiger partial charge on any atom is 0.324 e. The number of aromatic nitrogens is 2. The molecule has 7 nitrogen and oxygen atoms in total. The lowest BCUT2D eigenvalue weighted by Gasteiger charge is -2.17. The summed E-state index contributed by atoms with van der Waals surface area (Å²) in [4.78, 5) is 23.5. The second kappa shape index (κ2) is 8.79. The summed E-state index contributed by atoms with van der Waals surface area (Å²) in [6, 6.07) is 11.0. The van der Waals surface area contributed by atoms with Gasteiger partial charge in [-0.3, -0.25) is 5.32 Å². The van der Waals surface area contributed by atoms with Crippen LogP contribution in [0.2, 0.25) is 0 Å². The number of benzene rings is 1. The Morgan fingerprint density at radius 2 is 1.79 bits per heavy atom. The Balaban J connectivity index is 1.38. The van der Waals surface area contributed by atoms with E-state index in [0.29, 0.717) is 5.69 Å². The number of hydrogen-bond donors (Lipinski definition) is 3. The molecule has 2 amide bonds. The summed E-state index contributed by atoms with van der Waals surface area (Å²) < 4.78 is 0.945. The Hall–Kier alpha value is -2.65. The molecule has 0 saturated carbocycles. The van der Waals surface area contributed by atoms with Crippen LogP contribution in [-0.4, -0.2) is 29.1 Å². The number of carbonyl (C=O) groups is 1. The molecule has 1 saturated heterocycles. The van der Waals surface area contributed by atoms with Crippen LogP contribution in [0.3, 0.4) is 0 Å². The third-order valence-electron chi connectivity index (χ3n) is 4.45. The number of amides is 2. The van der Waals surface area contributed by atoms with Crippen molar-refractivity contribution in [3.8, 4) is 0 Å². The van der Waals surface area contributed by atoms with Crippen LogP contribution in [0.25, 0.3) is 0 Å². The van der Waals surface area contributed by atoms with E-state index in [-0.39, 0.29) is 6.03 Å². The quantitative estimate of drug-likeness (QED) is 0.450. The van der Waals surface area contributed by atoms with Crippen molar-refractivity contribution < 1.29 is 4.79 Å². The van der Waals surface area contributed by atoms with Crippen molar-refractivity contribution in [2.24, 2.45) is 0 Å². The SMILES string of the molecule is Cc1cc(Nc2ccc(NC(=O)Nc3cc(Br)cs3)cc2)nc(N2CCCC2)n1. The molecule has 3 N–H and O–H groups in total. The van der Waals surface area contributed by atoms with Crippen LogP contribution in [0.4, 0.5) is 32.9 Å². The van der Waals surface area contributed by atoms with Crippen LogP contribution in [0.15, 0.2) is 46.3 Å². The lowest BCUT2D eigenvalue weighted by molar-refractivity contribution is 0.262. The van der Waals surface area contributed by atoms with Gasteiger partial charge in [0.05, 0.1) is 5.00 Å². The third kappa shape index (κ3) is 5.24. The minimum absolute atomic E-state index is 0.276. The molecule has 0 unspecified atom stereocenters. The fourth-order valence-corrected chi connectivity index (χ4v) is 4.43. The van der Waals surface area contributed by atoms with Gasteiger partial charge in [-0.05, 0) is 66.0 Å². The van der Waals surface area contributed by atoms with Crippen molar-refractivity contribution in [3.05, 3.63) is 51.9 Å². The van der Waals surface area contributed by atoms with Gasteiger partial charge in [-0.1, -0.05) is 0 Å². The van der Waals surface area contributed by atoms with E-state index in [1.807, 2.05) is 48.7 Å². The van der Waals surface area contributed by atoms with Gasteiger partial charge in [0.2, 0.25) is 5.95 Å². The summed E-state index contributed by atoms with van der Waals surface area (Å²) in [5.41, 5.74) is 2.53. The Morgan fingerprint density at radius 1 is 1.07 bits per heavy atom. The van der Waals surface area contributed by atoms with Crippen LogP contribution in [-0.2, 0) is 0 Å². The number of nitrogens with one attached hydrogen (secondary N) is 3. The second-order valence-electron chi connectivity index (χ2n) is 6.80. The van der Waals surface area contributed by atoms with E-state index >= 15 is 0 Å². The number of rotatable bonds is 5. The van der Waals surface area contributed by atoms with E-state index in [0.717, 1.165) is 45.7 Å². The Kier molecular flexibility index (Phi) is 5.96. The number of anilines is 5. The largest absolute Gasteiger partial charge is 0.341 e. The molecule has 3 aromatic rings. The average Bonchev–Trinajstić information content (AvgIpc) is 3.35. The maximum absolute atomic E-state index is 12.1. The molecular weight excluding hydrogens is 452 g/mol. The lowest BCUT2D eigenvalue weighted by Crippen LogP contribution is -2.21.